The highest BCUT2D eigenvalue weighted by molar-refractivity contribution is 5.91. The number of nitrogens with one attached hydrogen (secondary N) is 4. The van der Waals surface area contributed by atoms with Crippen molar-refractivity contribution in [2.45, 2.75) is 191 Å². The molecule has 27 heteroatoms. The number of nitrogens with zero attached hydrogens (tertiary/aromatic N) is 4. The van der Waals surface area contributed by atoms with Crippen LogP contribution in [-0.2, 0) is 49.6 Å². The first-order valence-corrected chi connectivity index (χ1v) is 46.0. The van der Waals surface area contributed by atoms with E-state index in [1.54, 1.807) is 11.0 Å². The number of hydrogen-bond acceptors (Lipinski definition) is 9. The summed E-state index contributed by atoms with van der Waals surface area (Å²) in [5, 5.41) is 39.4. The fraction of sp³-hybridized carbons (Fsp3) is 0.364. The lowest BCUT2D eigenvalue weighted by Gasteiger charge is -2.65. The van der Waals surface area contributed by atoms with E-state index in [4.69, 9.17) is 25.2 Å². The van der Waals surface area contributed by atoms with Gasteiger partial charge in [0.25, 0.3) is 0 Å². The summed E-state index contributed by atoms with van der Waals surface area (Å²) in [5.41, 5.74) is 9.73. The molecule has 4 aromatic heterocycles. The molecule has 0 amide bonds. The van der Waals surface area contributed by atoms with Crippen LogP contribution in [0.5, 0.6) is 0 Å². The van der Waals surface area contributed by atoms with Crippen molar-refractivity contribution in [1.29, 1.82) is 0 Å². The average molecular weight is 1840 g/mol. The summed E-state index contributed by atoms with van der Waals surface area (Å²) in [4.78, 5) is 65.6. The Labute approximate surface area is 768 Å². The molecule has 7 fully saturated rings. The van der Waals surface area contributed by atoms with Crippen LogP contribution in [0.2, 0.25) is 0 Å². The lowest BCUT2D eigenvalue weighted by molar-refractivity contribution is -0.145. The van der Waals surface area contributed by atoms with Crippen LogP contribution < -0.4 is 0 Å². The summed E-state index contributed by atoms with van der Waals surface area (Å²) >= 11 is 0. The van der Waals surface area contributed by atoms with E-state index in [2.05, 4.69) is 80.5 Å². The number of ether oxygens (including phenoxy) is 1. The van der Waals surface area contributed by atoms with Crippen molar-refractivity contribution in [2.24, 2.45) is 22.7 Å². The van der Waals surface area contributed by atoms with Gasteiger partial charge in [0.2, 0.25) is 0 Å². The summed E-state index contributed by atoms with van der Waals surface area (Å²) in [5.74, 6) is -9.21. The number of aromatic nitrogens is 4. The van der Waals surface area contributed by atoms with Crippen molar-refractivity contribution >= 4 is 91.8 Å². The predicted molar refractivity (Wildman–Crippen MR) is 495 cm³/mol. The zero-order valence-electron chi connectivity index (χ0n) is 75.3. The SMILES string of the molecule is CC1(C)Cc2c([nH]c3ccccc23)C(c2c(F)cc(/C=C/C(=O)O)cc2F)N1CC12CC(C1)C2.CC1Cc2c([nH]c3ccc(F)cc23)C(c2c(F)cc(/C=C/C(=O)O)cc2F)N1CC(C)(C)F.CCC1Cc2c([nH]c3ccccc23)C(c2c(F)cc(/C=C/C(=O)O)cc2F)N1C1CCOC1.CCC1Cc2c([nH]c3ccccc23)C(c2c(F)cc(/C=C/C(=O)O)cc2F)N1CC12CC(C1)C2. The van der Waals surface area contributed by atoms with Gasteiger partial charge in [-0.1, -0.05) is 68.4 Å². The first-order valence-electron chi connectivity index (χ1n) is 46.0. The maximum atomic E-state index is 15.7. The Morgan fingerprint density at radius 3 is 1.19 bits per heavy atom. The Morgan fingerprint density at radius 2 is 0.806 bits per heavy atom. The standard InChI is InChI=1S/2C28H28F2N2O2.C26H26F2N2O3.C25H24F4N2O2/c1-27(2)14-19-18-5-3-4-6-22(18)31-25(19)26(32(27)15-28-11-17(12-28)13-28)24-20(29)9-16(10-21(24)30)7-8-23(33)34;1-2-18-11-20-19-5-3-4-6-23(19)31-26(20)27(32(18)15-28-12-17(13-28)14-28)25-21(29)9-16(10-22(25)30)7-8-24(33)34;1-2-16-13-19-18-5-3-4-6-22(18)29-25(19)26(30(16)17-9-10-33-14-17)24-20(27)11-15(12-21(24)28)7-8-23(31)32;1-13-8-17-16-11-15(26)5-6-20(16)30-23(17)24(31(13)12-25(2,3)29)22-18(27)9-14(10-19(22)28)4-7-21(32)33/h3-10,17,26,31H,11-15H2,1-2H3,(H,33,34);3-10,17-18,27,31H,2,11-15H2,1H3,(H,33,34);3-8,11-12,16-17,26,29H,2,9-10,13-14H2,1H3,(H,31,32);4-7,9-11,13,24,30H,8,12H2,1-3H3,(H,32,33)/b3*8-7+;7-4+. The van der Waals surface area contributed by atoms with Crippen LogP contribution in [-0.4, -0.2) is 152 Å². The summed E-state index contributed by atoms with van der Waals surface area (Å²) in [6, 6.07) is 35.2. The summed E-state index contributed by atoms with van der Waals surface area (Å²) < 4.78 is 159. The number of hydrogen-bond donors (Lipinski definition) is 8. The van der Waals surface area contributed by atoms with Crippen LogP contribution in [0.15, 0.2) is 164 Å². The van der Waals surface area contributed by atoms with Gasteiger partial charge in [0.1, 0.15) is 58.0 Å². The van der Waals surface area contributed by atoms with Gasteiger partial charge in [0.05, 0.1) is 30.8 Å². The summed E-state index contributed by atoms with van der Waals surface area (Å²) in [6.07, 6.45) is 20.9. The Hall–Kier alpha value is -12.1. The average Bonchev–Trinajstić information content (AvgIpc) is 1.10. The smallest absolute Gasteiger partial charge is 0.328 e. The van der Waals surface area contributed by atoms with Gasteiger partial charge >= 0.3 is 23.9 Å². The minimum absolute atomic E-state index is 0.0136. The number of halogens is 10. The number of para-hydroxylation sites is 3. The highest BCUT2D eigenvalue weighted by Gasteiger charge is 2.61. The largest absolute Gasteiger partial charge is 0.478 e. The summed E-state index contributed by atoms with van der Waals surface area (Å²) in [6.45, 7) is 16.0. The molecule has 0 radical (unpaired) electrons. The van der Waals surface area contributed by atoms with E-state index >= 15 is 35.1 Å². The van der Waals surface area contributed by atoms with Gasteiger partial charge < -0.3 is 45.1 Å². The first kappa shape index (κ1) is 92.3. The van der Waals surface area contributed by atoms with E-state index in [9.17, 15) is 28.0 Å². The molecule has 5 aliphatic heterocycles. The van der Waals surface area contributed by atoms with E-state index in [1.807, 2.05) is 61.5 Å². The molecular formula is C107H106F10N8O9. The van der Waals surface area contributed by atoms with Crippen LogP contribution in [0.4, 0.5) is 43.9 Å². The fourth-order valence-corrected chi connectivity index (χ4v) is 23.4. The third-order valence-electron chi connectivity index (χ3n) is 29.4. The number of fused-ring (bicyclic) bond motifs is 12. The monoisotopic (exact) mass is 1840 g/mol. The van der Waals surface area contributed by atoms with Gasteiger partial charge in [0.15, 0.2) is 0 Å². The van der Waals surface area contributed by atoms with Crippen molar-refractivity contribution in [3.63, 3.8) is 0 Å². The maximum Gasteiger partial charge on any atom is 0.328 e. The van der Waals surface area contributed by atoms with Gasteiger partial charge in [-0.2, -0.15) is 0 Å². The van der Waals surface area contributed by atoms with Gasteiger partial charge in [-0.25, -0.2) is 63.1 Å². The number of carbonyl (C=O) groups is 4. The predicted octanol–water partition coefficient (Wildman–Crippen LogP) is 23.0. The molecule has 11 aliphatic rings. The second kappa shape index (κ2) is 36.2. The highest BCUT2D eigenvalue weighted by atomic mass is 19.2. The van der Waals surface area contributed by atoms with Crippen LogP contribution in [0.3, 0.4) is 0 Å². The molecule has 134 heavy (non-hydrogen) atoms. The maximum absolute atomic E-state index is 15.7. The van der Waals surface area contributed by atoms with E-state index in [0.717, 1.165) is 178 Å². The normalized spacial score (nSPS) is 24.6. The zero-order chi connectivity index (χ0) is 94.6. The molecule has 6 aliphatic carbocycles. The number of carboxylic acid groups (broad SMARTS) is 4. The van der Waals surface area contributed by atoms with Crippen molar-refractivity contribution in [2.75, 3.05) is 32.8 Å². The Kier molecular flexibility index (Phi) is 25.0. The zero-order valence-corrected chi connectivity index (χ0v) is 75.3. The molecule has 9 heterocycles. The van der Waals surface area contributed by atoms with Crippen LogP contribution in [0, 0.1) is 75.0 Å². The fourth-order valence-electron chi connectivity index (χ4n) is 23.4. The second-order valence-corrected chi connectivity index (χ2v) is 39.5. The van der Waals surface area contributed by atoms with Gasteiger partial charge in [-0.15, -0.1) is 0 Å². The number of rotatable bonds is 21. The van der Waals surface area contributed by atoms with E-state index in [-0.39, 0.29) is 91.6 Å². The number of alkyl halides is 1. The third kappa shape index (κ3) is 17.8. The van der Waals surface area contributed by atoms with Crippen LogP contribution >= 0.6 is 0 Å². The molecule has 6 saturated carbocycles. The molecule has 23 rings (SSSR count). The van der Waals surface area contributed by atoms with Crippen molar-refractivity contribution < 1.29 is 88.2 Å². The number of H-pyrrole nitrogens is 4. The molecule has 8 aromatic carbocycles. The van der Waals surface area contributed by atoms with Gasteiger partial charge in [-0.3, -0.25) is 19.6 Å². The van der Waals surface area contributed by atoms with Crippen molar-refractivity contribution in [3.05, 3.63) is 306 Å². The van der Waals surface area contributed by atoms with E-state index in [0.29, 0.717) is 36.2 Å². The Balaban J connectivity index is 0.000000119. The minimum Gasteiger partial charge on any atom is -0.478 e. The third-order valence-corrected chi connectivity index (χ3v) is 29.4. The molecule has 0 spiro atoms. The highest BCUT2D eigenvalue weighted by Crippen LogP contribution is 2.67. The first-order chi connectivity index (χ1) is 63.9. The number of carboxylic acids is 4. The van der Waals surface area contributed by atoms with Gasteiger partial charge in [0, 0.05) is 169 Å². The molecule has 1 saturated heterocycles. The molecule has 17 nitrogen and oxygen atoms in total. The molecule has 8 N–H and O–H groups in total. The van der Waals surface area contributed by atoms with Gasteiger partial charge in [-0.05, 0) is 294 Å². The molecule has 12 aromatic rings. The Morgan fingerprint density at radius 1 is 0.448 bits per heavy atom. The molecular weight excluding hydrogens is 1730 g/mol. The van der Waals surface area contributed by atoms with Crippen molar-refractivity contribution in [1.82, 2.24) is 39.5 Å². The quantitative estimate of drug-likeness (QED) is 0.0247. The molecule has 4 bridgehead atoms. The lowest BCUT2D eigenvalue weighted by Crippen LogP contribution is -2.62. The second-order valence-electron chi connectivity index (χ2n) is 39.5. The number of aliphatic carboxylic acids is 4. The minimum atomic E-state index is -1.64. The van der Waals surface area contributed by atoms with Crippen molar-refractivity contribution in [3.8, 4) is 0 Å². The summed E-state index contributed by atoms with van der Waals surface area (Å²) in [7, 11) is 0. The Bertz CT molecular complexity index is 6640. The molecule has 698 valence electrons. The van der Waals surface area contributed by atoms with Crippen LogP contribution in [0.25, 0.3) is 67.9 Å². The lowest BCUT2D eigenvalue weighted by atomic mass is 9.44. The van der Waals surface area contributed by atoms with Crippen LogP contribution in [0.1, 0.15) is 220 Å². The number of aromatic amines is 4. The molecule has 8 atom stereocenters. The van der Waals surface area contributed by atoms with E-state index in [1.165, 1.54) is 119 Å². The topological polar surface area (TPSA) is 235 Å². The number of benzene rings is 8. The molecule has 8 unspecified atom stereocenters. The van der Waals surface area contributed by atoms with E-state index < -0.39 is 106 Å².